The van der Waals surface area contributed by atoms with Gasteiger partial charge in [0.2, 0.25) is 0 Å². The van der Waals surface area contributed by atoms with Crippen LogP contribution in [0.5, 0.6) is 0 Å². The van der Waals surface area contributed by atoms with Gasteiger partial charge in [-0.3, -0.25) is 4.79 Å². The van der Waals surface area contributed by atoms with Crippen LogP contribution in [0.1, 0.15) is 5.56 Å². The molecule has 0 N–H and O–H groups in total. The molecule has 0 aliphatic heterocycles. The minimum absolute atomic E-state index is 0.240. The lowest BCUT2D eigenvalue weighted by molar-refractivity contribution is 0.583. The average Bonchev–Trinajstić information content (AvgIpc) is 3.18. The van der Waals surface area contributed by atoms with Crippen molar-refractivity contribution in [3.8, 4) is 21.8 Å². The zero-order chi connectivity index (χ0) is 18.8. The van der Waals surface area contributed by atoms with E-state index in [0.29, 0.717) is 5.69 Å². The molecule has 0 bridgehead atoms. The Morgan fingerprint density at radius 3 is 2.52 bits per heavy atom. The Hall–Kier alpha value is -3.19. The van der Waals surface area contributed by atoms with Crippen LogP contribution in [0.15, 0.2) is 71.0 Å². The third-order valence-electron chi connectivity index (χ3n) is 3.96. The molecule has 0 amide bonds. The fraction of sp³-hybridized carbons (Fsp3) is 0.0500. The topological polar surface area (TPSA) is 47.8 Å². The molecule has 0 spiro atoms. The summed E-state index contributed by atoms with van der Waals surface area (Å²) in [6, 6.07) is 13.6. The van der Waals surface area contributed by atoms with Crippen molar-refractivity contribution >= 4 is 11.3 Å². The molecule has 2 aromatic carbocycles. The number of aromatic nitrogens is 3. The normalized spacial score (nSPS) is 10.9. The van der Waals surface area contributed by atoms with Crippen molar-refractivity contribution in [2.45, 2.75) is 6.54 Å². The summed E-state index contributed by atoms with van der Waals surface area (Å²) >= 11 is 1.53. The van der Waals surface area contributed by atoms with E-state index in [9.17, 15) is 13.6 Å². The average molecular weight is 381 g/mol. The molecule has 2 aromatic heterocycles. The monoisotopic (exact) mass is 381 g/mol. The van der Waals surface area contributed by atoms with E-state index in [1.54, 1.807) is 6.20 Å². The van der Waals surface area contributed by atoms with Gasteiger partial charge in [-0.25, -0.2) is 18.4 Å². The van der Waals surface area contributed by atoms with Gasteiger partial charge in [0.25, 0.3) is 5.56 Å². The summed E-state index contributed by atoms with van der Waals surface area (Å²) in [5.74, 6) is -1.39. The second-order valence-electron chi connectivity index (χ2n) is 5.91. The van der Waals surface area contributed by atoms with Crippen LogP contribution >= 0.6 is 11.3 Å². The highest BCUT2D eigenvalue weighted by molar-refractivity contribution is 7.13. The van der Waals surface area contributed by atoms with Gasteiger partial charge in [0, 0.05) is 34.8 Å². The molecule has 0 aliphatic carbocycles. The quantitative estimate of drug-likeness (QED) is 0.528. The summed E-state index contributed by atoms with van der Waals surface area (Å²) in [5.41, 5.74) is 2.14. The van der Waals surface area contributed by atoms with Crippen LogP contribution in [0.25, 0.3) is 21.8 Å². The van der Waals surface area contributed by atoms with Crippen molar-refractivity contribution < 1.29 is 8.78 Å². The first kappa shape index (κ1) is 17.2. The van der Waals surface area contributed by atoms with E-state index in [1.807, 2.05) is 29.6 Å². The highest BCUT2D eigenvalue weighted by Crippen LogP contribution is 2.23. The van der Waals surface area contributed by atoms with Crippen LogP contribution in [0.3, 0.4) is 0 Å². The van der Waals surface area contributed by atoms with E-state index < -0.39 is 11.6 Å². The first-order valence-corrected chi connectivity index (χ1v) is 9.00. The predicted octanol–water partition coefficient (Wildman–Crippen LogP) is 4.36. The van der Waals surface area contributed by atoms with Gasteiger partial charge in [0.1, 0.15) is 16.6 Å². The molecule has 2 heterocycles. The number of hydrogen-bond donors (Lipinski definition) is 0. The number of thiazole rings is 1. The Bertz CT molecular complexity index is 1140. The van der Waals surface area contributed by atoms with Crippen molar-refractivity contribution in [2.75, 3.05) is 0 Å². The smallest absolute Gasteiger partial charge is 0.267 e. The third-order valence-corrected chi connectivity index (χ3v) is 4.79. The van der Waals surface area contributed by atoms with Gasteiger partial charge >= 0.3 is 0 Å². The van der Waals surface area contributed by atoms with Gasteiger partial charge in [-0.05, 0) is 29.8 Å². The van der Waals surface area contributed by atoms with E-state index in [1.165, 1.54) is 40.3 Å². The zero-order valence-electron chi connectivity index (χ0n) is 14.0. The second kappa shape index (κ2) is 7.20. The SMILES string of the molecule is O=c1ccc(-c2cc(F)cc(F)c2)nn1Cc1cccc(-c2nccs2)c1. The molecule has 7 heteroatoms. The summed E-state index contributed by atoms with van der Waals surface area (Å²) in [6.45, 7) is 0.240. The van der Waals surface area contributed by atoms with Crippen molar-refractivity contribution in [1.29, 1.82) is 0 Å². The summed E-state index contributed by atoms with van der Waals surface area (Å²) < 4.78 is 28.2. The van der Waals surface area contributed by atoms with Gasteiger partial charge in [0.05, 0.1) is 12.2 Å². The maximum atomic E-state index is 13.5. The predicted molar refractivity (Wildman–Crippen MR) is 101 cm³/mol. The van der Waals surface area contributed by atoms with Crippen molar-refractivity contribution in [2.24, 2.45) is 0 Å². The Labute approximate surface area is 157 Å². The standard InChI is InChI=1S/C20H13F2N3OS/c21-16-9-15(10-17(22)11-16)18-4-5-19(26)25(24-18)12-13-2-1-3-14(8-13)20-23-6-7-27-20/h1-11H,12H2. The molecule has 134 valence electrons. The lowest BCUT2D eigenvalue weighted by atomic mass is 10.1. The molecule has 4 aromatic rings. The fourth-order valence-corrected chi connectivity index (χ4v) is 3.39. The summed E-state index contributed by atoms with van der Waals surface area (Å²) in [6.07, 6.45) is 1.74. The van der Waals surface area contributed by atoms with Crippen LogP contribution < -0.4 is 5.56 Å². The van der Waals surface area contributed by atoms with Crippen LogP contribution in [-0.4, -0.2) is 14.8 Å². The van der Waals surface area contributed by atoms with Gasteiger partial charge in [-0.15, -0.1) is 11.3 Å². The summed E-state index contributed by atoms with van der Waals surface area (Å²) in [7, 11) is 0. The maximum Gasteiger partial charge on any atom is 0.267 e. The van der Waals surface area contributed by atoms with Gasteiger partial charge in [-0.2, -0.15) is 5.10 Å². The number of benzene rings is 2. The fourth-order valence-electron chi connectivity index (χ4n) is 2.76. The Balaban J connectivity index is 1.69. The van der Waals surface area contributed by atoms with E-state index >= 15 is 0 Å². The minimum Gasteiger partial charge on any atom is -0.268 e. The van der Waals surface area contributed by atoms with E-state index in [4.69, 9.17) is 0 Å². The van der Waals surface area contributed by atoms with Gasteiger partial charge < -0.3 is 0 Å². The van der Waals surface area contributed by atoms with Crippen molar-refractivity contribution in [3.63, 3.8) is 0 Å². The Kier molecular flexibility index (Phi) is 4.60. The molecule has 4 nitrogen and oxygen atoms in total. The van der Waals surface area contributed by atoms with E-state index in [-0.39, 0.29) is 17.7 Å². The summed E-state index contributed by atoms with van der Waals surface area (Å²) in [5, 5.41) is 7.06. The molecule has 0 aliphatic rings. The first-order valence-electron chi connectivity index (χ1n) is 8.12. The highest BCUT2D eigenvalue weighted by atomic mass is 32.1. The molecular weight excluding hydrogens is 368 g/mol. The van der Waals surface area contributed by atoms with Crippen LogP contribution in [0.4, 0.5) is 8.78 Å². The molecule has 4 rings (SSSR count). The second-order valence-corrected chi connectivity index (χ2v) is 6.80. The molecule has 0 unspecified atom stereocenters. The van der Waals surface area contributed by atoms with Gasteiger partial charge in [0.15, 0.2) is 0 Å². The van der Waals surface area contributed by atoms with E-state index in [2.05, 4.69) is 10.1 Å². The molecule has 0 saturated carbocycles. The van der Waals surface area contributed by atoms with Crippen LogP contribution in [0.2, 0.25) is 0 Å². The lowest BCUT2D eigenvalue weighted by Crippen LogP contribution is -2.22. The number of rotatable bonds is 4. The first-order chi connectivity index (χ1) is 13.1. The third kappa shape index (κ3) is 3.83. The molecular formula is C20H13F2N3OS. The van der Waals surface area contributed by atoms with Crippen molar-refractivity contribution in [1.82, 2.24) is 14.8 Å². The molecule has 0 radical (unpaired) electrons. The van der Waals surface area contributed by atoms with Gasteiger partial charge in [-0.1, -0.05) is 18.2 Å². The number of halogens is 2. The van der Waals surface area contributed by atoms with Crippen molar-refractivity contribution in [3.05, 3.63) is 93.7 Å². The molecule has 27 heavy (non-hydrogen) atoms. The Morgan fingerprint density at radius 2 is 1.78 bits per heavy atom. The lowest BCUT2D eigenvalue weighted by Gasteiger charge is -2.09. The molecule has 0 fully saturated rings. The number of hydrogen-bond acceptors (Lipinski definition) is 4. The van der Waals surface area contributed by atoms with Crippen LogP contribution in [-0.2, 0) is 6.54 Å². The molecule has 0 saturated heterocycles. The summed E-state index contributed by atoms with van der Waals surface area (Å²) in [4.78, 5) is 16.5. The highest BCUT2D eigenvalue weighted by Gasteiger charge is 2.08. The Morgan fingerprint density at radius 1 is 0.963 bits per heavy atom. The maximum absolute atomic E-state index is 13.5. The van der Waals surface area contributed by atoms with Crippen LogP contribution in [0, 0.1) is 11.6 Å². The minimum atomic E-state index is -0.694. The zero-order valence-corrected chi connectivity index (χ0v) is 14.8. The largest absolute Gasteiger partial charge is 0.268 e. The number of nitrogens with zero attached hydrogens (tertiary/aromatic N) is 3. The molecule has 0 atom stereocenters. The van der Waals surface area contributed by atoms with E-state index in [0.717, 1.165) is 22.2 Å².